The summed E-state index contributed by atoms with van der Waals surface area (Å²) in [5, 5.41) is 2.99. The maximum absolute atomic E-state index is 13.2. The molecule has 0 radical (unpaired) electrons. The standard InChI is InChI=1S/C18H14F4N4O/c1-9-4-2-3-5-13(9)26-16-10(6-7-14(24-16)18(20,21)22)15(25-17(26)27)23-12-8-11(12)19/h2-7,11-12H,8H2,1H3,(H,23,25,27)/t11-,12+/m1/s1. The van der Waals surface area contributed by atoms with Gasteiger partial charge in [-0.05, 0) is 30.7 Å². The van der Waals surface area contributed by atoms with E-state index in [1.807, 2.05) is 0 Å². The average Bonchev–Trinajstić information content (AvgIpc) is 3.30. The first-order valence-electron chi connectivity index (χ1n) is 8.23. The summed E-state index contributed by atoms with van der Waals surface area (Å²) in [6.07, 6.45) is -5.47. The van der Waals surface area contributed by atoms with Crippen LogP contribution in [0.5, 0.6) is 0 Å². The van der Waals surface area contributed by atoms with Gasteiger partial charge in [0, 0.05) is 6.42 Å². The normalized spacial score (nSPS) is 19.3. The van der Waals surface area contributed by atoms with Crippen molar-refractivity contribution in [2.75, 3.05) is 5.32 Å². The third-order valence-electron chi connectivity index (χ3n) is 4.42. The molecule has 27 heavy (non-hydrogen) atoms. The first-order valence-corrected chi connectivity index (χ1v) is 8.23. The molecule has 0 unspecified atom stereocenters. The van der Waals surface area contributed by atoms with Gasteiger partial charge in [-0.15, -0.1) is 0 Å². The van der Waals surface area contributed by atoms with Crippen LogP contribution in [0.3, 0.4) is 0 Å². The molecule has 9 heteroatoms. The number of fused-ring (bicyclic) bond motifs is 1. The Kier molecular flexibility index (Phi) is 3.90. The Morgan fingerprint density at radius 3 is 2.48 bits per heavy atom. The van der Waals surface area contributed by atoms with Crippen LogP contribution in [0.1, 0.15) is 17.7 Å². The van der Waals surface area contributed by atoms with E-state index in [-0.39, 0.29) is 23.3 Å². The molecule has 2 aromatic heterocycles. The molecule has 0 bridgehead atoms. The summed E-state index contributed by atoms with van der Waals surface area (Å²) in [7, 11) is 0. The number of halogens is 4. The number of aryl methyl sites for hydroxylation is 1. The lowest BCUT2D eigenvalue weighted by atomic mass is 10.2. The molecule has 5 nitrogen and oxygen atoms in total. The first kappa shape index (κ1) is 17.4. The molecule has 0 amide bonds. The Morgan fingerprint density at radius 1 is 1.15 bits per heavy atom. The van der Waals surface area contributed by atoms with Gasteiger partial charge in [0.1, 0.15) is 17.7 Å². The van der Waals surface area contributed by atoms with Crippen molar-refractivity contribution < 1.29 is 17.6 Å². The number of pyridine rings is 1. The number of anilines is 1. The molecule has 1 N–H and O–H groups in total. The summed E-state index contributed by atoms with van der Waals surface area (Å²) in [6.45, 7) is 1.73. The van der Waals surface area contributed by atoms with E-state index in [1.165, 1.54) is 6.07 Å². The number of alkyl halides is 4. The molecular formula is C18H14F4N4O. The Hall–Kier alpha value is -2.97. The molecule has 4 rings (SSSR count). The lowest BCUT2D eigenvalue weighted by Crippen LogP contribution is -2.26. The minimum atomic E-state index is -4.67. The zero-order valence-corrected chi connectivity index (χ0v) is 14.1. The molecule has 1 fully saturated rings. The summed E-state index contributed by atoms with van der Waals surface area (Å²) in [5.41, 5.74) is -1.04. The lowest BCUT2D eigenvalue weighted by Gasteiger charge is -2.15. The zero-order chi connectivity index (χ0) is 19.3. The predicted molar refractivity (Wildman–Crippen MR) is 91.8 cm³/mol. The van der Waals surface area contributed by atoms with Gasteiger partial charge in [-0.1, -0.05) is 18.2 Å². The van der Waals surface area contributed by atoms with Crippen LogP contribution < -0.4 is 11.0 Å². The molecular weight excluding hydrogens is 364 g/mol. The van der Waals surface area contributed by atoms with Crippen molar-refractivity contribution in [3.05, 3.63) is 58.1 Å². The number of hydrogen-bond acceptors (Lipinski definition) is 4. The quantitative estimate of drug-likeness (QED) is 0.707. The maximum Gasteiger partial charge on any atom is 0.433 e. The van der Waals surface area contributed by atoms with Gasteiger partial charge in [-0.2, -0.15) is 18.2 Å². The molecule has 3 aromatic rings. The van der Waals surface area contributed by atoms with Crippen LogP contribution in [0.25, 0.3) is 16.7 Å². The van der Waals surface area contributed by atoms with Crippen molar-refractivity contribution in [2.24, 2.45) is 0 Å². The number of nitrogens with one attached hydrogen (secondary N) is 1. The van der Waals surface area contributed by atoms with Crippen LogP contribution in [0.2, 0.25) is 0 Å². The van der Waals surface area contributed by atoms with Gasteiger partial charge in [0.2, 0.25) is 0 Å². The maximum atomic E-state index is 13.2. The molecule has 1 aromatic carbocycles. The van der Waals surface area contributed by atoms with E-state index in [1.54, 1.807) is 31.2 Å². The van der Waals surface area contributed by atoms with Crippen molar-refractivity contribution in [1.82, 2.24) is 14.5 Å². The van der Waals surface area contributed by atoms with E-state index in [4.69, 9.17) is 0 Å². The van der Waals surface area contributed by atoms with Gasteiger partial charge in [0.25, 0.3) is 0 Å². The molecule has 1 aliphatic carbocycles. The molecule has 0 aliphatic heterocycles. The zero-order valence-electron chi connectivity index (χ0n) is 14.1. The van der Waals surface area contributed by atoms with Crippen molar-refractivity contribution in [1.29, 1.82) is 0 Å². The van der Waals surface area contributed by atoms with Crippen LogP contribution in [-0.2, 0) is 6.18 Å². The Labute approximate surface area is 150 Å². The second-order valence-corrected chi connectivity index (χ2v) is 6.43. The third kappa shape index (κ3) is 3.13. The number of aromatic nitrogens is 3. The van der Waals surface area contributed by atoms with Gasteiger partial charge < -0.3 is 5.32 Å². The highest BCUT2D eigenvalue weighted by Crippen LogP contribution is 2.33. The fourth-order valence-electron chi connectivity index (χ4n) is 2.89. The summed E-state index contributed by atoms with van der Waals surface area (Å²) in [6, 6.07) is 8.26. The molecule has 0 saturated heterocycles. The molecule has 2 heterocycles. The van der Waals surface area contributed by atoms with Crippen molar-refractivity contribution >= 4 is 16.9 Å². The summed E-state index contributed by atoms with van der Waals surface area (Å²) >= 11 is 0. The Bertz CT molecular complexity index is 1090. The monoisotopic (exact) mass is 378 g/mol. The average molecular weight is 378 g/mol. The van der Waals surface area contributed by atoms with Crippen LogP contribution in [-0.4, -0.2) is 26.7 Å². The Morgan fingerprint density at radius 2 is 1.85 bits per heavy atom. The molecule has 2 atom stereocenters. The van der Waals surface area contributed by atoms with Crippen molar-refractivity contribution in [2.45, 2.75) is 31.7 Å². The largest absolute Gasteiger partial charge is 0.433 e. The lowest BCUT2D eigenvalue weighted by molar-refractivity contribution is -0.141. The van der Waals surface area contributed by atoms with Crippen molar-refractivity contribution in [3.8, 4) is 5.69 Å². The number of para-hydroxylation sites is 1. The van der Waals surface area contributed by atoms with E-state index in [0.717, 1.165) is 10.6 Å². The fraction of sp³-hybridized carbons (Fsp3) is 0.278. The van der Waals surface area contributed by atoms with Gasteiger partial charge in [-0.3, -0.25) is 0 Å². The van der Waals surface area contributed by atoms with Crippen LogP contribution in [0.4, 0.5) is 23.4 Å². The fourth-order valence-corrected chi connectivity index (χ4v) is 2.89. The molecule has 140 valence electrons. The van der Waals surface area contributed by atoms with Gasteiger partial charge in [-0.25, -0.2) is 18.7 Å². The smallest absolute Gasteiger partial charge is 0.364 e. The Balaban J connectivity index is 2.01. The van der Waals surface area contributed by atoms with E-state index < -0.39 is 29.8 Å². The SMILES string of the molecule is Cc1ccccc1-n1c(=O)nc(N[C@H]2C[C@H]2F)c2ccc(C(F)(F)F)nc21. The summed E-state index contributed by atoms with van der Waals surface area (Å²) in [4.78, 5) is 20.3. The molecule has 0 spiro atoms. The molecule has 1 aliphatic rings. The number of nitrogens with zero attached hydrogens (tertiary/aromatic N) is 3. The van der Waals surface area contributed by atoms with Crippen LogP contribution in [0.15, 0.2) is 41.2 Å². The van der Waals surface area contributed by atoms with Crippen LogP contribution in [0, 0.1) is 6.92 Å². The highest BCUT2D eigenvalue weighted by Gasteiger charge is 2.38. The second-order valence-electron chi connectivity index (χ2n) is 6.43. The van der Waals surface area contributed by atoms with Gasteiger partial charge >= 0.3 is 11.9 Å². The van der Waals surface area contributed by atoms with Crippen LogP contribution >= 0.6 is 0 Å². The van der Waals surface area contributed by atoms with E-state index in [0.29, 0.717) is 11.3 Å². The second kappa shape index (κ2) is 6.04. The first-order chi connectivity index (χ1) is 12.8. The summed E-state index contributed by atoms with van der Waals surface area (Å²) in [5.74, 6) is 0.0335. The number of hydrogen-bond donors (Lipinski definition) is 1. The predicted octanol–water partition coefficient (Wildman–Crippen LogP) is 3.63. The minimum absolute atomic E-state index is 0.0335. The topological polar surface area (TPSA) is 59.8 Å². The highest BCUT2D eigenvalue weighted by molar-refractivity contribution is 5.88. The number of benzene rings is 1. The number of rotatable bonds is 3. The van der Waals surface area contributed by atoms with E-state index in [2.05, 4.69) is 15.3 Å². The third-order valence-corrected chi connectivity index (χ3v) is 4.42. The van der Waals surface area contributed by atoms with Gasteiger partial charge in [0.15, 0.2) is 5.65 Å². The van der Waals surface area contributed by atoms with E-state index >= 15 is 0 Å². The van der Waals surface area contributed by atoms with E-state index in [9.17, 15) is 22.4 Å². The van der Waals surface area contributed by atoms with Gasteiger partial charge in [0.05, 0.1) is 17.1 Å². The van der Waals surface area contributed by atoms with Crippen molar-refractivity contribution in [3.63, 3.8) is 0 Å². The summed E-state index contributed by atoms with van der Waals surface area (Å²) < 4.78 is 53.8. The molecule has 1 saturated carbocycles. The highest BCUT2D eigenvalue weighted by atomic mass is 19.4. The minimum Gasteiger partial charge on any atom is -0.364 e.